The molecule has 8 heteroatoms. The number of nitrogens with one attached hydrogen (secondary N) is 1. The van der Waals surface area contributed by atoms with Crippen molar-refractivity contribution in [1.82, 2.24) is 19.7 Å². The SMILES string of the molecule is CC(=O)Nc1nc(C(=O)N2CCC[C@H]2Cn2nc(C)cc2C)cs1. The first kappa shape index (κ1) is 16.6. The Morgan fingerprint density at radius 3 is 2.88 bits per heavy atom. The summed E-state index contributed by atoms with van der Waals surface area (Å²) in [6, 6.07) is 2.17. The first-order chi connectivity index (χ1) is 11.4. The molecule has 2 aromatic rings. The van der Waals surface area contributed by atoms with E-state index in [0.29, 0.717) is 17.4 Å². The Morgan fingerprint density at radius 2 is 2.21 bits per heavy atom. The van der Waals surface area contributed by atoms with Crippen LogP contribution in [0.3, 0.4) is 0 Å². The summed E-state index contributed by atoms with van der Waals surface area (Å²) in [4.78, 5) is 30.0. The Labute approximate surface area is 144 Å². The van der Waals surface area contributed by atoms with Crippen LogP contribution in [0.4, 0.5) is 5.13 Å². The number of carbonyl (C=O) groups excluding carboxylic acids is 2. The first-order valence-electron chi connectivity index (χ1n) is 7.99. The maximum atomic E-state index is 12.8. The Bertz CT molecular complexity index is 766. The predicted molar refractivity (Wildman–Crippen MR) is 92.2 cm³/mol. The highest BCUT2D eigenvalue weighted by Crippen LogP contribution is 2.24. The molecule has 0 saturated carbocycles. The summed E-state index contributed by atoms with van der Waals surface area (Å²) in [6.45, 7) is 6.86. The second-order valence-corrected chi connectivity index (χ2v) is 6.98. The van der Waals surface area contributed by atoms with E-state index >= 15 is 0 Å². The molecule has 1 aliphatic rings. The van der Waals surface area contributed by atoms with E-state index < -0.39 is 0 Å². The van der Waals surface area contributed by atoms with E-state index in [1.165, 1.54) is 18.3 Å². The predicted octanol–water partition coefficient (Wildman–Crippen LogP) is 2.22. The highest BCUT2D eigenvalue weighted by atomic mass is 32.1. The number of hydrogen-bond donors (Lipinski definition) is 1. The molecule has 0 bridgehead atoms. The second-order valence-electron chi connectivity index (χ2n) is 6.12. The van der Waals surface area contributed by atoms with Crippen LogP contribution >= 0.6 is 11.3 Å². The molecule has 2 aromatic heterocycles. The van der Waals surface area contributed by atoms with Gasteiger partial charge in [0, 0.05) is 24.5 Å². The van der Waals surface area contributed by atoms with Gasteiger partial charge < -0.3 is 10.2 Å². The molecule has 24 heavy (non-hydrogen) atoms. The summed E-state index contributed by atoms with van der Waals surface area (Å²) in [7, 11) is 0. The van der Waals surface area contributed by atoms with Crippen molar-refractivity contribution >= 4 is 28.3 Å². The molecule has 7 nitrogen and oxygen atoms in total. The van der Waals surface area contributed by atoms with E-state index in [4.69, 9.17) is 0 Å². The van der Waals surface area contributed by atoms with E-state index in [0.717, 1.165) is 30.8 Å². The number of amides is 2. The Balaban J connectivity index is 1.72. The minimum absolute atomic E-state index is 0.0770. The number of rotatable bonds is 4. The number of likely N-dealkylation sites (tertiary alicyclic amines) is 1. The fourth-order valence-corrected chi connectivity index (χ4v) is 3.81. The van der Waals surface area contributed by atoms with Crippen molar-refractivity contribution < 1.29 is 9.59 Å². The lowest BCUT2D eigenvalue weighted by molar-refractivity contribution is -0.114. The zero-order valence-electron chi connectivity index (χ0n) is 14.1. The normalized spacial score (nSPS) is 17.3. The van der Waals surface area contributed by atoms with Crippen molar-refractivity contribution in [1.29, 1.82) is 0 Å². The summed E-state index contributed by atoms with van der Waals surface area (Å²) >= 11 is 1.27. The number of anilines is 1. The number of thiazole rings is 1. The van der Waals surface area contributed by atoms with Gasteiger partial charge in [-0.3, -0.25) is 14.3 Å². The zero-order valence-corrected chi connectivity index (χ0v) is 14.9. The molecular formula is C16H21N5O2S. The minimum atomic E-state index is -0.188. The van der Waals surface area contributed by atoms with Crippen molar-refractivity contribution in [3.63, 3.8) is 0 Å². The van der Waals surface area contributed by atoms with Gasteiger partial charge in [0.2, 0.25) is 5.91 Å². The second kappa shape index (κ2) is 6.72. The van der Waals surface area contributed by atoms with E-state index in [-0.39, 0.29) is 17.9 Å². The molecule has 2 amide bonds. The zero-order chi connectivity index (χ0) is 17.3. The minimum Gasteiger partial charge on any atom is -0.332 e. The maximum Gasteiger partial charge on any atom is 0.273 e. The topological polar surface area (TPSA) is 80.1 Å². The van der Waals surface area contributed by atoms with Crippen molar-refractivity contribution in [2.24, 2.45) is 0 Å². The molecule has 1 saturated heterocycles. The number of hydrogen-bond acceptors (Lipinski definition) is 5. The van der Waals surface area contributed by atoms with Gasteiger partial charge in [0.05, 0.1) is 18.3 Å². The van der Waals surface area contributed by atoms with Gasteiger partial charge in [-0.1, -0.05) is 0 Å². The lowest BCUT2D eigenvalue weighted by Crippen LogP contribution is -2.38. The van der Waals surface area contributed by atoms with Gasteiger partial charge in [-0.05, 0) is 32.8 Å². The van der Waals surface area contributed by atoms with Gasteiger partial charge in [-0.15, -0.1) is 11.3 Å². The quantitative estimate of drug-likeness (QED) is 0.920. The molecule has 0 aliphatic carbocycles. The lowest BCUT2D eigenvalue weighted by Gasteiger charge is -2.24. The lowest BCUT2D eigenvalue weighted by atomic mass is 10.2. The summed E-state index contributed by atoms with van der Waals surface area (Å²) in [5, 5.41) is 9.27. The third kappa shape index (κ3) is 3.48. The summed E-state index contributed by atoms with van der Waals surface area (Å²) < 4.78 is 1.97. The van der Waals surface area contributed by atoms with E-state index in [2.05, 4.69) is 15.4 Å². The summed E-state index contributed by atoms with van der Waals surface area (Å²) in [5.41, 5.74) is 2.49. The monoisotopic (exact) mass is 347 g/mol. The van der Waals surface area contributed by atoms with Gasteiger partial charge in [0.1, 0.15) is 5.69 Å². The van der Waals surface area contributed by atoms with Crippen molar-refractivity contribution in [3.8, 4) is 0 Å². The highest BCUT2D eigenvalue weighted by Gasteiger charge is 2.31. The fraction of sp³-hybridized carbons (Fsp3) is 0.500. The molecule has 1 fully saturated rings. The van der Waals surface area contributed by atoms with Crippen LogP contribution in [0.15, 0.2) is 11.4 Å². The van der Waals surface area contributed by atoms with Crippen molar-refractivity contribution in [2.45, 2.75) is 46.2 Å². The number of aryl methyl sites for hydroxylation is 2. The average Bonchev–Trinajstić information content (AvgIpc) is 3.20. The fourth-order valence-electron chi connectivity index (χ4n) is 3.08. The van der Waals surface area contributed by atoms with Gasteiger partial charge in [-0.25, -0.2) is 4.98 Å². The van der Waals surface area contributed by atoms with Crippen LogP contribution in [0.5, 0.6) is 0 Å². The van der Waals surface area contributed by atoms with E-state index in [9.17, 15) is 9.59 Å². The smallest absolute Gasteiger partial charge is 0.273 e. The molecule has 1 N–H and O–H groups in total. The van der Waals surface area contributed by atoms with E-state index in [1.54, 1.807) is 5.38 Å². The van der Waals surface area contributed by atoms with Crippen molar-refractivity contribution in [2.75, 3.05) is 11.9 Å². The summed E-state index contributed by atoms with van der Waals surface area (Å²) in [6.07, 6.45) is 1.95. The molecule has 3 rings (SSSR count). The van der Waals surface area contributed by atoms with Crippen LogP contribution in [0.25, 0.3) is 0 Å². The van der Waals surface area contributed by atoms with Crippen LogP contribution in [0.2, 0.25) is 0 Å². The van der Waals surface area contributed by atoms with E-state index in [1.807, 2.05) is 29.5 Å². The van der Waals surface area contributed by atoms with Crippen LogP contribution < -0.4 is 5.32 Å². The summed E-state index contributed by atoms with van der Waals surface area (Å²) in [5.74, 6) is -0.265. The Kier molecular flexibility index (Phi) is 4.66. The molecule has 0 unspecified atom stereocenters. The first-order valence-corrected chi connectivity index (χ1v) is 8.87. The largest absolute Gasteiger partial charge is 0.332 e. The molecule has 1 atom stereocenters. The molecule has 0 aromatic carbocycles. The molecule has 3 heterocycles. The van der Waals surface area contributed by atoms with Crippen LogP contribution in [0, 0.1) is 13.8 Å². The molecular weight excluding hydrogens is 326 g/mol. The molecule has 0 radical (unpaired) electrons. The van der Waals surface area contributed by atoms with Crippen LogP contribution in [0.1, 0.15) is 41.6 Å². The number of aromatic nitrogens is 3. The molecule has 128 valence electrons. The number of nitrogens with zero attached hydrogens (tertiary/aromatic N) is 4. The standard InChI is InChI=1S/C16H21N5O2S/c1-10-7-11(2)21(19-10)8-13-5-4-6-20(13)15(23)14-9-24-16(18-14)17-12(3)22/h7,9,13H,4-6,8H2,1-3H3,(H,17,18,22)/t13-/m0/s1. The number of carbonyl (C=O) groups is 2. The van der Waals surface area contributed by atoms with Crippen LogP contribution in [-0.2, 0) is 11.3 Å². The van der Waals surface area contributed by atoms with Gasteiger partial charge in [0.15, 0.2) is 5.13 Å². The maximum absolute atomic E-state index is 12.8. The third-order valence-corrected chi connectivity index (χ3v) is 4.89. The highest BCUT2D eigenvalue weighted by molar-refractivity contribution is 7.14. The Morgan fingerprint density at radius 1 is 1.42 bits per heavy atom. The van der Waals surface area contributed by atoms with Gasteiger partial charge in [-0.2, -0.15) is 5.10 Å². The van der Waals surface area contributed by atoms with Crippen molar-refractivity contribution in [3.05, 3.63) is 28.5 Å². The Hall–Kier alpha value is -2.22. The van der Waals surface area contributed by atoms with Crippen LogP contribution in [-0.4, -0.2) is 44.1 Å². The third-order valence-electron chi connectivity index (χ3n) is 4.13. The average molecular weight is 347 g/mol. The van der Waals surface area contributed by atoms with Gasteiger partial charge >= 0.3 is 0 Å². The molecule has 1 aliphatic heterocycles. The molecule has 0 spiro atoms. The van der Waals surface area contributed by atoms with Gasteiger partial charge in [0.25, 0.3) is 5.91 Å².